The number of rotatable bonds is 3. The van der Waals surface area contributed by atoms with Crippen molar-refractivity contribution in [3.8, 4) is 0 Å². The summed E-state index contributed by atoms with van der Waals surface area (Å²) in [6, 6.07) is 0. The molecule has 1 aliphatic rings. The monoisotopic (exact) mass is 267 g/mol. The molecule has 0 amide bonds. The molecule has 0 radical (unpaired) electrons. The van der Waals surface area contributed by atoms with E-state index in [1.807, 2.05) is 0 Å². The van der Waals surface area contributed by atoms with E-state index in [2.05, 4.69) is 18.7 Å². The summed E-state index contributed by atoms with van der Waals surface area (Å²) in [5.74, 6) is 0. The van der Waals surface area contributed by atoms with E-state index < -0.39 is 16.2 Å². The zero-order valence-corrected chi connectivity index (χ0v) is 13.2. The van der Waals surface area contributed by atoms with E-state index >= 15 is 0 Å². The average Bonchev–Trinajstić information content (AvgIpc) is 2.27. The van der Waals surface area contributed by atoms with Gasteiger partial charge in [-0.05, 0) is 0 Å². The molecule has 0 saturated carbocycles. The van der Waals surface area contributed by atoms with Crippen LogP contribution in [0, 0.1) is 0 Å². The molecule has 0 bridgehead atoms. The quantitative estimate of drug-likeness (QED) is 0.704. The molecule has 15 heavy (non-hydrogen) atoms. The van der Waals surface area contributed by atoms with Crippen LogP contribution in [0.4, 0.5) is 0 Å². The predicted octanol–water partition coefficient (Wildman–Crippen LogP) is 3.79. The second kappa shape index (κ2) is 8.71. The summed E-state index contributed by atoms with van der Waals surface area (Å²) in [5, 5.41) is 0. The van der Waals surface area contributed by atoms with Crippen LogP contribution < -0.4 is 0 Å². The summed E-state index contributed by atoms with van der Waals surface area (Å²) in [4.78, 5) is 7.62. The molecule has 0 aromatic carbocycles. The van der Waals surface area contributed by atoms with Crippen LogP contribution in [0.3, 0.4) is 0 Å². The van der Waals surface area contributed by atoms with Crippen LogP contribution in [-0.4, -0.2) is 40.8 Å². The Morgan fingerprint density at radius 3 is 2.00 bits per heavy atom. The number of hydrogen-bond donors (Lipinski definition) is 0. The van der Waals surface area contributed by atoms with Crippen molar-refractivity contribution in [3.63, 3.8) is 0 Å². The Hall–Kier alpha value is 0.596. The molecule has 1 heterocycles. The van der Waals surface area contributed by atoms with E-state index in [-0.39, 0.29) is 0 Å². The van der Waals surface area contributed by atoms with Crippen LogP contribution >= 0.6 is 0 Å². The molecule has 1 saturated heterocycles. The molecule has 1 rings (SSSR count). The normalized spacial score (nSPS) is 21.6. The zero-order chi connectivity index (χ0) is 10.9. The van der Waals surface area contributed by atoms with Crippen LogP contribution in [-0.2, 0) is 0 Å². The van der Waals surface area contributed by atoms with Gasteiger partial charge >= 0.3 is 102 Å². The topological polar surface area (TPSA) is 3.24 Å². The van der Waals surface area contributed by atoms with Gasteiger partial charge < -0.3 is 0 Å². The zero-order valence-electron chi connectivity index (χ0n) is 10.8. The first kappa shape index (κ1) is 13.7. The van der Waals surface area contributed by atoms with Gasteiger partial charge in [0.1, 0.15) is 0 Å². The first-order valence-corrected chi connectivity index (χ1v) is 12.2. The fourth-order valence-corrected chi connectivity index (χ4v) is 8.69. The second-order valence-electron chi connectivity index (χ2n) is 5.11. The Morgan fingerprint density at radius 2 is 1.53 bits per heavy atom. The van der Waals surface area contributed by atoms with Gasteiger partial charge in [0.25, 0.3) is 0 Å². The van der Waals surface area contributed by atoms with Crippen molar-refractivity contribution in [1.29, 1.82) is 0 Å². The van der Waals surface area contributed by atoms with Crippen molar-refractivity contribution in [1.82, 2.24) is 4.90 Å². The van der Waals surface area contributed by atoms with Crippen molar-refractivity contribution < 1.29 is 0 Å². The Bertz CT molecular complexity index is 137. The fraction of sp³-hybridized carbons (Fsp3) is 1.00. The summed E-state index contributed by atoms with van der Waals surface area (Å²) in [7, 11) is 0. The molecule has 0 aromatic rings. The number of hydrogen-bond acceptors (Lipinski definition) is 1. The molecule has 1 aliphatic heterocycles. The molecule has 0 unspecified atom stereocenters. The molecule has 0 spiro atoms. The van der Waals surface area contributed by atoms with Gasteiger partial charge in [0, 0.05) is 0 Å². The maximum absolute atomic E-state index is 2.69. The van der Waals surface area contributed by atoms with Gasteiger partial charge in [0.05, 0.1) is 0 Å². The van der Waals surface area contributed by atoms with Crippen LogP contribution in [0.2, 0.25) is 14.9 Å². The van der Waals surface area contributed by atoms with E-state index in [1.54, 1.807) is 27.8 Å². The van der Waals surface area contributed by atoms with Gasteiger partial charge in [-0.2, -0.15) is 0 Å². The average molecular weight is 268 g/mol. The third-order valence-electron chi connectivity index (χ3n) is 3.79. The minimum absolute atomic E-state index is 0.743. The molecule has 2 heteroatoms. The van der Waals surface area contributed by atoms with Crippen molar-refractivity contribution in [2.24, 2.45) is 0 Å². The summed E-state index contributed by atoms with van der Waals surface area (Å²) in [6.45, 7) is 8.85. The third kappa shape index (κ3) is 6.03. The number of nitrogens with zero attached hydrogens (tertiary/aromatic N) is 1. The van der Waals surface area contributed by atoms with Crippen LogP contribution in [0.15, 0.2) is 0 Å². The predicted molar refractivity (Wildman–Crippen MR) is 71.0 cm³/mol. The van der Waals surface area contributed by atoms with Gasteiger partial charge in [-0.15, -0.1) is 0 Å². The molecule has 0 aromatic heterocycles. The molecular weight excluding hydrogens is 240 g/mol. The first-order valence-electron chi connectivity index (χ1n) is 7.09. The van der Waals surface area contributed by atoms with Crippen LogP contribution in [0.25, 0.3) is 0 Å². The van der Waals surface area contributed by atoms with Crippen LogP contribution in [0.1, 0.15) is 46.0 Å². The van der Waals surface area contributed by atoms with E-state index in [1.165, 1.54) is 38.9 Å². The molecule has 0 N–H and O–H groups in total. The second-order valence-corrected chi connectivity index (χ2v) is 12.9. The molecule has 1 fully saturated rings. The van der Waals surface area contributed by atoms with Gasteiger partial charge in [0.2, 0.25) is 0 Å². The third-order valence-corrected chi connectivity index (χ3v) is 11.4. The van der Waals surface area contributed by atoms with E-state index in [9.17, 15) is 0 Å². The summed E-state index contributed by atoms with van der Waals surface area (Å²) in [5.41, 5.74) is 0. The van der Waals surface area contributed by atoms with Crippen molar-refractivity contribution in [2.45, 2.75) is 60.9 Å². The Kier molecular flexibility index (Phi) is 7.94. The van der Waals surface area contributed by atoms with Crippen molar-refractivity contribution in [3.05, 3.63) is 0 Å². The minimum atomic E-state index is -0.743. The molecule has 1 nitrogen and oxygen atoms in total. The fourth-order valence-electron chi connectivity index (χ4n) is 2.74. The summed E-state index contributed by atoms with van der Waals surface area (Å²) < 4.78 is 0. The Morgan fingerprint density at radius 1 is 0.933 bits per heavy atom. The van der Waals surface area contributed by atoms with Gasteiger partial charge in [-0.25, -0.2) is 0 Å². The van der Waals surface area contributed by atoms with Gasteiger partial charge in [0.15, 0.2) is 0 Å². The summed E-state index contributed by atoms with van der Waals surface area (Å²) >= 11 is -0.743. The Balaban J connectivity index is 2.26. The van der Waals surface area contributed by atoms with E-state index in [4.69, 9.17) is 0 Å². The van der Waals surface area contributed by atoms with Crippen LogP contribution in [0.5, 0.6) is 0 Å². The van der Waals surface area contributed by atoms with Gasteiger partial charge in [-0.1, -0.05) is 0 Å². The van der Waals surface area contributed by atoms with E-state index in [0.717, 1.165) is 0 Å². The standard InChI is InChI=1S/C11H23N.C2H5.Ga/c1-4-7-10-12(9-6-3)11-8-5-2;1-2;/h1-2,4-11H2,3H3;1H2,2H3;. The molecule has 0 aliphatic carbocycles. The Labute approximate surface area is 102 Å². The molecular formula is C13H28GaN. The molecule has 0 atom stereocenters. The van der Waals surface area contributed by atoms with Gasteiger partial charge in [-0.3, -0.25) is 0 Å². The maximum atomic E-state index is 2.69. The first-order chi connectivity index (χ1) is 7.36. The van der Waals surface area contributed by atoms with Crippen molar-refractivity contribution >= 4 is 16.2 Å². The SMILES string of the molecule is CCCN1CCC[CH2][Ga]([CH2]C)[CH2]CCC1. The van der Waals surface area contributed by atoms with Crippen molar-refractivity contribution in [2.75, 3.05) is 19.6 Å². The molecule has 88 valence electrons. The van der Waals surface area contributed by atoms with E-state index in [0.29, 0.717) is 0 Å². The summed E-state index contributed by atoms with van der Waals surface area (Å²) in [6.07, 6.45) is 7.36.